The molecule has 0 spiro atoms. The van der Waals surface area contributed by atoms with E-state index in [4.69, 9.17) is 20.9 Å². The minimum absolute atomic E-state index is 0.0243. The first-order valence-corrected chi connectivity index (χ1v) is 11.3. The Balaban J connectivity index is 1.51. The number of nitrogens with zero attached hydrogens (tertiary/aromatic N) is 3. The number of amides is 1. The summed E-state index contributed by atoms with van der Waals surface area (Å²) in [5.74, 6) is -1.15. The molecule has 158 valence electrons. The molecule has 0 radical (unpaired) electrons. The summed E-state index contributed by atoms with van der Waals surface area (Å²) in [6.45, 7) is 1.72. The number of sulfonamides is 1. The van der Waals surface area contributed by atoms with Crippen LogP contribution in [-0.2, 0) is 14.8 Å². The Kier molecular flexibility index (Phi) is 5.73. The molecule has 0 unspecified atom stereocenters. The number of nitrogens with one attached hydrogen (secondary N) is 1. The van der Waals surface area contributed by atoms with Gasteiger partial charge in [0.05, 0.1) is 23.9 Å². The van der Waals surface area contributed by atoms with Crippen molar-refractivity contribution in [3.05, 3.63) is 46.4 Å². The van der Waals surface area contributed by atoms with Crippen molar-refractivity contribution in [3.8, 4) is 11.4 Å². The predicted molar refractivity (Wildman–Crippen MR) is 107 cm³/mol. The van der Waals surface area contributed by atoms with E-state index >= 15 is 0 Å². The fourth-order valence-electron chi connectivity index (χ4n) is 2.67. The molecule has 30 heavy (non-hydrogen) atoms. The fourth-order valence-corrected chi connectivity index (χ4v) is 5.06. The molecular formula is C17H14ClFN4O5S2. The Labute approximate surface area is 179 Å². The third-order valence-electron chi connectivity index (χ3n) is 4.18. The maximum Gasteiger partial charge on any atom is 0.316 e. The first-order valence-electron chi connectivity index (χ1n) is 8.61. The summed E-state index contributed by atoms with van der Waals surface area (Å²) in [6, 6.07) is 4.85. The second-order valence-corrected chi connectivity index (χ2v) is 9.44. The highest BCUT2D eigenvalue weighted by atomic mass is 35.5. The van der Waals surface area contributed by atoms with Gasteiger partial charge in [-0.15, -0.1) is 11.3 Å². The molecule has 1 aliphatic rings. The van der Waals surface area contributed by atoms with Crippen LogP contribution in [0.25, 0.3) is 11.4 Å². The lowest BCUT2D eigenvalue weighted by atomic mass is 10.3. The van der Waals surface area contributed by atoms with Gasteiger partial charge in [-0.25, -0.2) is 12.8 Å². The zero-order valence-corrected chi connectivity index (χ0v) is 17.6. The van der Waals surface area contributed by atoms with Crippen molar-refractivity contribution in [2.24, 2.45) is 0 Å². The van der Waals surface area contributed by atoms with Crippen molar-refractivity contribution < 1.29 is 26.9 Å². The molecule has 0 aliphatic carbocycles. The third-order valence-corrected chi connectivity index (χ3v) is 7.29. The third kappa shape index (κ3) is 4.31. The number of halogens is 2. The molecule has 3 heterocycles. The van der Waals surface area contributed by atoms with E-state index in [2.05, 4.69) is 14.9 Å². The molecule has 3 aromatic rings. The number of carbonyl (C=O) groups is 1. The van der Waals surface area contributed by atoms with Crippen molar-refractivity contribution in [2.45, 2.75) is 4.21 Å². The Bertz CT molecular complexity index is 1190. The van der Waals surface area contributed by atoms with Crippen LogP contribution in [0.3, 0.4) is 0 Å². The van der Waals surface area contributed by atoms with Gasteiger partial charge >= 0.3 is 11.8 Å². The summed E-state index contributed by atoms with van der Waals surface area (Å²) >= 11 is 6.62. The first kappa shape index (κ1) is 20.7. The highest BCUT2D eigenvalue weighted by Gasteiger charge is 2.25. The van der Waals surface area contributed by atoms with Gasteiger partial charge in [0.1, 0.15) is 10.0 Å². The zero-order valence-electron chi connectivity index (χ0n) is 15.2. The van der Waals surface area contributed by atoms with Crippen molar-refractivity contribution in [1.82, 2.24) is 15.0 Å². The van der Waals surface area contributed by atoms with E-state index in [1.54, 1.807) is 4.90 Å². The number of thiophene rings is 1. The van der Waals surface area contributed by atoms with Gasteiger partial charge in [-0.1, -0.05) is 16.8 Å². The molecule has 2 aromatic heterocycles. The normalized spacial score (nSPS) is 14.7. The monoisotopic (exact) mass is 472 g/mol. The molecule has 1 saturated heterocycles. The molecule has 1 aliphatic heterocycles. The van der Waals surface area contributed by atoms with E-state index in [1.807, 2.05) is 0 Å². The van der Waals surface area contributed by atoms with Crippen LogP contribution >= 0.6 is 22.9 Å². The van der Waals surface area contributed by atoms with Crippen LogP contribution in [0, 0.1) is 5.82 Å². The average Bonchev–Trinajstić information content (AvgIpc) is 3.40. The number of aromatic nitrogens is 2. The minimum atomic E-state index is -3.94. The van der Waals surface area contributed by atoms with Crippen molar-refractivity contribution in [1.29, 1.82) is 0 Å². The van der Waals surface area contributed by atoms with Gasteiger partial charge in [-0.3, -0.25) is 9.52 Å². The summed E-state index contributed by atoms with van der Waals surface area (Å²) in [4.78, 5) is 18.0. The van der Waals surface area contributed by atoms with E-state index < -0.39 is 21.7 Å². The summed E-state index contributed by atoms with van der Waals surface area (Å²) < 4.78 is 51.0. The van der Waals surface area contributed by atoms with E-state index in [-0.39, 0.29) is 26.6 Å². The van der Waals surface area contributed by atoms with Crippen LogP contribution in [0.2, 0.25) is 5.02 Å². The summed E-state index contributed by atoms with van der Waals surface area (Å²) in [5, 5.41) is 5.10. The molecule has 1 aromatic carbocycles. The number of ether oxygens (including phenoxy) is 1. The molecule has 1 fully saturated rings. The zero-order chi connectivity index (χ0) is 21.3. The smallest absolute Gasteiger partial charge is 0.316 e. The Morgan fingerprint density at radius 2 is 2.03 bits per heavy atom. The summed E-state index contributed by atoms with van der Waals surface area (Å²) in [7, 11) is -3.94. The topological polar surface area (TPSA) is 115 Å². The minimum Gasteiger partial charge on any atom is -0.378 e. The maximum atomic E-state index is 13.3. The highest BCUT2D eigenvalue weighted by Crippen LogP contribution is 2.29. The number of benzene rings is 1. The first-order chi connectivity index (χ1) is 14.3. The van der Waals surface area contributed by atoms with E-state index in [9.17, 15) is 17.6 Å². The van der Waals surface area contributed by atoms with Gasteiger partial charge in [0.2, 0.25) is 5.82 Å². The second-order valence-electron chi connectivity index (χ2n) is 6.22. The predicted octanol–water partition coefficient (Wildman–Crippen LogP) is 2.86. The van der Waals surface area contributed by atoms with E-state index in [0.717, 1.165) is 17.4 Å². The van der Waals surface area contributed by atoms with Crippen LogP contribution in [-0.4, -0.2) is 55.7 Å². The number of hydrogen-bond donors (Lipinski definition) is 1. The Morgan fingerprint density at radius 3 is 2.77 bits per heavy atom. The van der Waals surface area contributed by atoms with Gasteiger partial charge in [0, 0.05) is 24.0 Å². The van der Waals surface area contributed by atoms with Crippen molar-refractivity contribution >= 4 is 44.6 Å². The van der Waals surface area contributed by atoms with Gasteiger partial charge in [0.25, 0.3) is 10.0 Å². The molecule has 1 amide bonds. The van der Waals surface area contributed by atoms with Gasteiger partial charge in [-0.2, -0.15) is 4.98 Å². The van der Waals surface area contributed by atoms with Gasteiger partial charge in [0.15, 0.2) is 0 Å². The molecular weight excluding hydrogens is 459 g/mol. The number of rotatable bonds is 5. The Morgan fingerprint density at radius 1 is 1.27 bits per heavy atom. The summed E-state index contributed by atoms with van der Waals surface area (Å²) in [6.07, 6.45) is 0. The molecule has 13 heteroatoms. The maximum absolute atomic E-state index is 13.3. The second kappa shape index (κ2) is 8.30. The quantitative estimate of drug-likeness (QED) is 0.607. The SMILES string of the molecule is O=C(c1nc(-c2csc(S(=O)(=O)Nc3ccc(F)c(Cl)c3)c2)no1)N1CCOCC1. The standard InChI is InChI=1S/C17H14ClFN4O5S2/c18-12-8-11(1-2-13(12)19)22-30(25,26)14-7-10(9-29-14)15-20-16(28-21-15)17(24)23-3-5-27-6-4-23/h1-2,7-9,22H,3-6H2. The molecule has 0 atom stereocenters. The molecule has 4 rings (SSSR count). The number of hydrogen-bond acceptors (Lipinski definition) is 8. The van der Waals surface area contributed by atoms with Crippen LogP contribution in [0.4, 0.5) is 10.1 Å². The van der Waals surface area contributed by atoms with Crippen molar-refractivity contribution in [3.63, 3.8) is 0 Å². The Hall–Kier alpha value is -2.54. The molecule has 0 bridgehead atoms. The van der Waals surface area contributed by atoms with Crippen LogP contribution in [0.15, 0.2) is 38.4 Å². The lowest BCUT2D eigenvalue weighted by molar-refractivity contribution is 0.0272. The summed E-state index contributed by atoms with van der Waals surface area (Å²) in [5.41, 5.74) is 0.497. The largest absolute Gasteiger partial charge is 0.378 e. The van der Waals surface area contributed by atoms with Crippen LogP contribution in [0.5, 0.6) is 0 Å². The van der Waals surface area contributed by atoms with E-state index in [1.165, 1.54) is 23.6 Å². The number of carbonyl (C=O) groups excluding carboxylic acids is 1. The van der Waals surface area contributed by atoms with Gasteiger partial charge < -0.3 is 14.2 Å². The lowest BCUT2D eigenvalue weighted by Gasteiger charge is -2.25. The van der Waals surface area contributed by atoms with Gasteiger partial charge in [-0.05, 0) is 24.3 Å². The van der Waals surface area contributed by atoms with E-state index in [0.29, 0.717) is 31.9 Å². The average molecular weight is 473 g/mol. The van der Waals surface area contributed by atoms with Crippen LogP contribution in [0.1, 0.15) is 10.7 Å². The fraction of sp³-hybridized carbons (Fsp3) is 0.235. The molecule has 1 N–H and O–H groups in total. The van der Waals surface area contributed by atoms with Crippen molar-refractivity contribution in [2.75, 3.05) is 31.0 Å². The highest BCUT2D eigenvalue weighted by molar-refractivity contribution is 7.94. The molecule has 9 nitrogen and oxygen atoms in total. The number of anilines is 1. The number of morpholine rings is 1. The lowest BCUT2D eigenvalue weighted by Crippen LogP contribution is -2.40. The molecule has 0 saturated carbocycles. The van der Waals surface area contributed by atoms with Crippen LogP contribution < -0.4 is 4.72 Å².